The maximum atomic E-state index is 12.4. The number of morpholine rings is 1. The van der Waals surface area contributed by atoms with Crippen LogP contribution < -0.4 is 0 Å². The molecule has 5 heteroatoms. The van der Waals surface area contributed by atoms with E-state index in [2.05, 4.69) is 11.9 Å². The number of carbonyl (C=O) groups excluding carboxylic acids is 1. The Morgan fingerprint density at radius 2 is 1.95 bits per heavy atom. The van der Waals surface area contributed by atoms with Crippen LogP contribution in [0.3, 0.4) is 0 Å². The number of aliphatic hydroxyl groups excluding tert-OH is 1. The van der Waals surface area contributed by atoms with Gasteiger partial charge in [-0.2, -0.15) is 0 Å². The van der Waals surface area contributed by atoms with Gasteiger partial charge in [0.15, 0.2) is 0 Å². The Morgan fingerprint density at radius 1 is 1.32 bits per heavy atom. The minimum atomic E-state index is -0.593. The first-order valence-electron chi connectivity index (χ1n) is 7.92. The van der Waals surface area contributed by atoms with E-state index in [9.17, 15) is 9.90 Å². The molecule has 6 atom stereocenters. The Hall–Kier alpha value is -1.43. The largest absolute Gasteiger partial charge is 0.462 e. The van der Waals surface area contributed by atoms with E-state index in [4.69, 9.17) is 9.47 Å². The van der Waals surface area contributed by atoms with Gasteiger partial charge in [-0.15, -0.1) is 0 Å². The first-order valence-corrected chi connectivity index (χ1v) is 7.92. The van der Waals surface area contributed by atoms with Crippen LogP contribution in [0, 0.1) is 0 Å². The summed E-state index contributed by atoms with van der Waals surface area (Å²) in [5.41, 5.74) is 0.803. The number of fused-ring (bicyclic) bond motifs is 5. The van der Waals surface area contributed by atoms with Crippen molar-refractivity contribution < 1.29 is 19.4 Å². The van der Waals surface area contributed by atoms with E-state index in [0.717, 1.165) is 18.4 Å². The molecule has 4 unspecified atom stereocenters. The second-order valence-electron chi connectivity index (χ2n) is 6.54. The maximum Gasteiger partial charge on any atom is 0.316 e. The SMILES string of the molecule is CN1C2C[C@H](OC(=O)C(CO)c3ccccc3)C[C@H]1C1OC12. The van der Waals surface area contributed by atoms with E-state index in [1.165, 1.54) is 0 Å². The zero-order chi connectivity index (χ0) is 15.3. The van der Waals surface area contributed by atoms with E-state index in [1.807, 2.05) is 30.3 Å². The molecule has 0 radical (unpaired) electrons. The van der Waals surface area contributed by atoms with Crippen LogP contribution in [-0.2, 0) is 14.3 Å². The van der Waals surface area contributed by atoms with Crippen molar-refractivity contribution in [1.82, 2.24) is 4.90 Å². The smallest absolute Gasteiger partial charge is 0.316 e. The first kappa shape index (κ1) is 14.2. The lowest BCUT2D eigenvalue weighted by molar-refractivity contribution is -0.156. The second-order valence-corrected chi connectivity index (χ2v) is 6.54. The summed E-state index contributed by atoms with van der Waals surface area (Å²) >= 11 is 0. The number of benzene rings is 1. The van der Waals surface area contributed by atoms with E-state index < -0.39 is 5.92 Å². The van der Waals surface area contributed by atoms with Gasteiger partial charge in [0.1, 0.15) is 24.2 Å². The van der Waals surface area contributed by atoms with Crippen molar-refractivity contribution in [3.63, 3.8) is 0 Å². The van der Waals surface area contributed by atoms with Gasteiger partial charge in [-0.3, -0.25) is 9.69 Å². The Morgan fingerprint density at radius 3 is 2.55 bits per heavy atom. The molecule has 1 N–H and O–H groups in total. The van der Waals surface area contributed by atoms with Crippen molar-refractivity contribution in [1.29, 1.82) is 0 Å². The van der Waals surface area contributed by atoms with Crippen molar-refractivity contribution in [2.24, 2.45) is 0 Å². The number of carbonyl (C=O) groups is 1. The van der Waals surface area contributed by atoms with Crippen LogP contribution >= 0.6 is 0 Å². The highest BCUT2D eigenvalue weighted by Crippen LogP contribution is 2.48. The van der Waals surface area contributed by atoms with E-state index in [1.54, 1.807) is 0 Å². The van der Waals surface area contributed by atoms with Crippen molar-refractivity contribution in [3.8, 4) is 0 Å². The number of hydrogen-bond acceptors (Lipinski definition) is 5. The summed E-state index contributed by atoms with van der Waals surface area (Å²) in [6.45, 7) is -0.226. The molecule has 22 heavy (non-hydrogen) atoms. The molecule has 3 fully saturated rings. The van der Waals surface area contributed by atoms with Gasteiger partial charge in [0, 0.05) is 24.9 Å². The summed E-state index contributed by atoms with van der Waals surface area (Å²) in [7, 11) is 2.13. The molecule has 2 bridgehead atoms. The predicted octanol–water partition coefficient (Wildman–Crippen LogP) is 0.918. The summed E-state index contributed by atoms with van der Waals surface area (Å²) in [4.78, 5) is 14.8. The highest BCUT2D eigenvalue weighted by Gasteiger charge is 2.62. The average Bonchev–Trinajstić information content (AvgIpc) is 3.27. The number of aliphatic hydroxyl groups is 1. The molecule has 0 spiro atoms. The lowest BCUT2D eigenvalue weighted by Crippen LogP contribution is -2.48. The molecule has 118 valence electrons. The monoisotopic (exact) mass is 303 g/mol. The van der Waals surface area contributed by atoms with Gasteiger partial charge in [-0.25, -0.2) is 0 Å². The van der Waals surface area contributed by atoms with Crippen LogP contribution in [-0.4, -0.2) is 60.0 Å². The number of rotatable bonds is 4. The number of likely N-dealkylation sites (N-methyl/N-ethyl adjacent to an activating group) is 1. The number of epoxide rings is 1. The lowest BCUT2D eigenvalue weighted by Gasteiger charge is -2.38. The topological polar surface area (TPSA) is 62.3 Å². The number of nitrogens with zero attached hydrogens (tertiary/aromatic N) is 1. The third-order valence-corrected chi connectivity index (χ3v) is 5.33. The standard InChI is InChI=1S/C17H21NO4/c1-18-13-7-11(8-14(18)16-15(13)22-16)21-17(20)12(9-19)10-5-3-2-4-6-10/h2-6,11-16,19H,7-9H2,1H3/t11-,12?,13+,14?,15?,16?/m1/s1. The van der Waals surface area contributed by atoms with Gasteiger partial charge in [0.25, 0.3) is 0 Å². The van der Waals surface area contributed by atoms with Crippen molar-refractivity contribution in [2.75, 3.05) is 13.7 Å². The molecule has 5 nitrogen and oxygen atoms in total. The average molecular weight is 303 g/mol. The fraction of sp³-hybridized carbons (Fsp3) is 0.588. The molecule has 1 aromatic carbocycles. The van der Waals surface area contributed by atoms with Crippen LogP contribution in [0.15, 0.2) is 30.3 Å². The third kappa shape index (κ3) is 2.24. The molecule has 3 aliphatic rings. The third-order valence-electron chi connectivity index (χ3n) is 5.33. The number of hydrogen-bond donors (Lipinski definition) is 1. The Bertz CT molecular complexity index is 545. The fourth-order valence-corrected chi connectivity index (χ4v) is 4.04. The lowest BCUT2D eigenvalue weighted by atomic mass is 9.97. The molecule has 4 rings (SSSR count). The molecule has 0 aromatic heterocycles. The quantitative estimate of drug-likeness (QED) is 0.662. The van der Waals surface area contributed by atoms with Gasteiger partial charge in [-0.05, 0) is 12.6 Å². The van der Waals surface area contributed by atoms with Crippen molar-refractivity contribution in [3.05, 3.63) is 35.9 Å². The summed E-state index contributed by atoms with van der Waals surface area (Å²) < 4.78 is 11.4. The molecule has 3 saturated heterocycles. The van der Waals surface area contributed by atoms with E-state index in [-0.39, 0.29) is 18.7 Å². The van der Waals surface area contributed by atoms with Gasteiger partial charge >= 0.3 is 5.97 Å². The van der Waals surface area contributed by atoms with Crippen molar-refractivity contribution in [2.45, 2.75) is 49.2 Å². The molecule has 3 heterocycles. The minimum absolute atomic E-state index is 0.0622. The number of esters is 1. The molecule has 0 saturated carbocycles. The minimum Gasteiger partial charge on any atom is -0.462 e. The molecule has 3 aliphatic heterocycles. The van der Waals surface area contributed by atoms with Crippen molar-refractivity contribution >= 4 is 5.97 Å². The fourth-order valence-electron chi connectivity index (χ4n) is 4.04. The first-order chi connectivity index (χ1) is 10.7. The molecular formula is C17H21NO4. The Balaban J connectivity index is 1.42. The van der Waals surface area contributed by atoms with E-state index >= 15 is 0 Å². The molecule has 1 aromatic rings. The Kier molecular flexibility index (Phi) is 3.44. The summed E-state index contributed by atoms with van der Waals surface area (Å²) in [6.07, 6.45) is 2.26. The number of ether oxygens (including phenoxy) is 2. The highest BCUT2D eigenvalue weighted by atomic mass is 16.6. The summed E-state index contributed by atoms with van der Waals surface area (Å²) in [5.74, 6) is -0.915. The normalized spacial score (nSPS) is 37.5. The van der Waals surface area contributed by atoms with Gasteiger partial charge in [0.05, 0.1) is 6.61 Å². The van der Waals surface area contributed by atoms with Gasteiger partial charge < -0.3 is 14.6 Å². The molecule has 0 amide bonds. The summed E-state index contributed by atoms with van der Waals surface area (Å²) in [6, 6.07) is 10.1. The predicted molar refractivity (Wildman–Crippen MR) is 79.4 cm³/mol. The van der Waals surface area contributed by atoms with Gasteiger partial charge in [-0.1, -0.05) is 30.3 Å². The molecular weight excluding hydrogens is 282 g/mol. The Labute approximate surface area is 129 Å². The van der Waals surface area contributed by atoms with Gasteiger partial charge in [0.2, 0.25) is 0 Å². The van der Waals surface area contributed by atoms with Crippen LogP contribution in [0.4, 0.5) is 0 Å². The van der Waals surface area contributed by atoms with Crippen LogP contribution in [0.25, 0.3) is 0 Å². The zero-order valence-electron chi connectivity index (χ0n) is 12.6. The summed E-state index contributed by atoms with van der Waals surface area (Å²) in [5, 5.41) is 9.56. The zero-order valence-corrected chi connectivity index (χ0v) is 12.6. The molecule has 0 aliphatic carbocycles. The van der Waals surface area contributed by atoms with Crippen LogP contribution in [0.5, 0.6) is 0 Å². The van der Waals surface area contributed by atoms with E-state index in [0.29, 0.717) is 24.3 Å². The maximum absolute atomic E-state index is 12.4. The highest BCUT2D eigenvalue weighted by molar-refractivity contribution is 5.78. The van der Waals surface area contributed by atoms with Crippen LogP contribution in [0.1, 0.15) is 24.3 Å². The second kappa shape index (κ2) is 5.33. The van der Waals surface area contributed by atoms with Crippen LogP contribution in [0.2, 0.25) is 0 Å². The number of piperidine rings is 1.